The number of aromatic nitrogens is 1. The lowest BCUT2D eigenvalue weighted by Crippen LogP contribution is -2.24. The second-order valence-corrected chi connectivity index (χ2v) is 5.13. The van der Waals surface area contributed by atoms with Gasteiger partial charge in [0.2, 0.25) is 0 Å². The van der Waals surface area contributed by atoms with Crippen LogP contribution >= 0.6 is 0 Å². The van der Waals surface area contributed by atoms with Crippen LogP contribution in [0.2, 0.25) is 0 Å². The Kier molecular flexibility index (Phi) is 3.73. The molecule has 3 aromatic rings. The zero-order valence-corrected chi connectivity index (χ0v) is 11.7. The van der Waals surface area contributed by atoms with Crippen molar-refractivity contribution in [2.24, 2.45) is 0 Å². The topological polar surface area (TPSA) is 48.0 Å². The number of halogens is 1. The van der Waals surface area contributed by atoms with Crippen LogP contribution in [0, 0.1) is 5.82 Å². The highest BCUT2D eigenvalue weighted by atomic mass is 19.1. The summed E-state index contributed by atoms with van der Waals surface area (Å²) in [5, 5.41) is 13.9. The van der Waals surface area contributed by atoms with Gasteiger partial charge >= 0.3 is 0 Å². The number of aromatic amines is 1. The number of aliphatic hydroxyl groups is 1. The summed E-state index contributed by atoms with van der Waals surface area (Å²) in [4.78, 5) is 3.04. The molecule has 2 atom stereocenters. The van der Waals surface area contributed by atoms with Crippen molar-refractivity contribution in [3.63, 3.8) is 0 Å². The molecule has 0 saturated carbocycles. The summed E-state index contributed by atoms with van der Waals surface area (Å²) >= 11 is 0. The van der Waals surface area contributed by atoms with Gasteiger partial charge in [-0.25, -0.2) is 4.39 Å². The largest absolute Gasteiger partial charge is 0.373 e. The van der Waals surface area contributed by atoms with E-state index in [1.165, 1.54) is 6.07 Å². The fourth-order valence-electron chi connectivity index (χ4n) is 2.45. The molecule has 0 spiro atoms. The van der Waals surface area contributed by atoms with Crippen LogP contribution in [0.4, 0.5) is 4.39 Å². The minimum Gasteiger partial charge on any atom is -0.373 e. The predicted octanol–water partition coefficient (Wildman–Crippen LogP) is 3.65. The quantitative estimate of drug-likeness (QED) is 0.640. The van der Waals surface area contributed by atoms with Crippen molar-refractivity contribution >= 4 is 10.9 Å². The predicted molar refractivity (Wildman–Crippen MR) is 81.2 cm³/mol. The number of hydrogen-bond acceptors (Lipinski definition) is 2. The van der Waals surface area contributed by atoms with Crippen molar-refractivity contribution in [2.75, 3.05) is 0 Å². The molecule has 0 bridgehead atoms. The van der Waals surface area contributed by atoms with Gasteiger partial charge in [-0.15, -0.1) is 0 Å². The zero-order chi connectivity index (χ0) is 14.8. The molecule has 3 nitrogen and oxygen atoms in total. The van der Waals surface area contributed by atoms with Crippen LogP contribution in [-0.2, 0) is 0 Å². The summed E-state index contributed by atoms with van der Waals surface area (Å²) in [6.07, 6.45) is -0.882. The second kappa shape index (κ2) is 5.68. The third-order valence-corrected chi connectivity index (χ3v) is 3.63. The molecule has 0 aliphatic heterocycles. The molecule has 21 heavy (non-hydrogen) atoms. The zero-order valence-electron chi connectivity index (χ0n) is 11.7. The van der Waals surface area contributed by atoms with E-state index in [0.717, 1.165) is 5.56 Å². The summed E-state index contributed by atoms with van der Waals surface area (Å²) in [5.41, 5.74) is 2.31. The van der Waals surface area contributed by atoms with Crippen LogP contribution in [0.15, 0.2) is 54.6 Å². The molecule has 0 saturated heterocycles. The minimum atomic E-state index is -0.882. The van der Waals surface area contributed by atoms with E-state index < -0.39 is 6.23 Å². The van der Waals surface area contributed by atoms with Gasteiger partial charge in [0.05, 0.1) is 5.69 Å². The number of aliphatic hydroxyl groups excluding tert-OH is 1. The standard InChI is InChI=1S/C17H17FN2O/c1-11(12-6-3-2-4-7-12)19-17(21)16-10-13-14(18)8-5-9-15(13)20-16/h2-11,17,19-21H,1H3/t11-,17?/m1/s1. The molecule has 1 heterocycles. The summed E-state index contributed by atoms with van der Waals surface area (Å²) in [6, 6.07) is 16.3. The molecule has 0 fully saturated rings. The van der Waals surface area contributed by atoms with E-state index in [0.29, 0.717) is 16.6 Å². The highest BCUT2D eigenvalue weighted by Gasteiger charge is 2.15. The number of rotatable bonds is 4. The van der Waals surface area contributed by atoms with Crippen LogP contribution in [0.5, 0.6) is 0 Å². The lowest BCUT2D eigenvalue weighted by atomic mass is 10.1. The number of fused-ring (bicyclic) bond motifs is 1. The maximum absolute atomic E-state index is 13.7. The van der Waals surface area contributed by atoms with Crippen molar-refractivity contribution < 1.29 is 9.50 Å². The van der Waals surface area contributed by atoms with Gasteiger partial charge in [-0.2, -0.15) is 0 Å². The first-order valence-electron chi connectivity index (χ1n) is 6.91. The van der Waals surface area contributed by atoms with Crippen molar-refractivity contribution in [1.29, 1.82) is 0 Å². The highest BCUT2D eigenvalue weighted by molar-refractivity contribution is 5.81. The van der Waals surface area contributed by atoms with Gasteiger partial charge in [-0.1, -0.05) is 36.4 Å². The van der Waals surface area contributed by atoms with Crippen LogP contribution in [0.25, 0.3) is 10.9 Å². The van der Waals surface area contributed by atoms with Gasteiger partial charge in [0.25, 0.3) is 0 Å². The SMILES string of the molecule is C[C@@H](NC(O)c1cc2c(F)cccc2[nH]1)c1ccccc1. The van der Waals surface area contributed by atoms with E-state index in [-0.39, 0.29) is 11.9 Å². The Morgan fingerprint density at radius 2 is 1.86 bits per heavy atom. The maximum Gasteiger partial charge on any atom is 0.146 e. The molecule has 0 aliphatic carbocycles. The van der Waals surface area contributed by atoms with Crippen molar-refractivity contribution in [3.8, 4) is 0 Å². The molecule has 3 N–H and O–H groups in total. The molecular weight excluding hydrogens is 267 g/mol. The number of hydrogen-bond donors (Lipinski definition) is 3. The molecular formula is C17H17FN2O. The molecule has 0 amide bonds. The lowest BCUT2D eigenvalue weighted by Gasteiger charge is -2.18. The fraction of sp³-hybridized carbons (Fsp3) is 0.176. The Labute approximate surface area is 122 Å². The van der Waals surface area contributed by atoms with E-state index in [1.807, 2.05) is 37.3 Å². The lowest BCUT2D eigenvalue weighted by molar-refractivity contribution is 0.122. The van der Waals surface area contributed by atoms with Crippen LogP contribution in [0.1, 0.15) is 30.5 Å². The van der Waals surface area contributed by atoms with Gasteiger partial charge in [0.1, 0.15) is 12.0 Å². The van der Waals surface area contributed by atoms with Crippen molar-refractivity contribution in [1.82, 2.24) is 10.3 Å². The average molecular weight is 284 g/mol. The summed E-state index contributed by atoms with van der Waals surface area (Å²) < 4.78 is 13.7. The molecule has 0 aliphatic rings. The minimum absolute atomic E-state index is 0.0162. The first-order chi connectivity index (χ1) is 10.1. The highest BCUT2D eigenvalue weighted by Crippen LogP contribution is 2.23. The molecule has 1 unspecified atom stereocenters. The molecule has 3 rings (SSSR count). The van der Waals surface area contributed by atoms with Crippen LogP contribution < -0.4 is 5.32 Å². The summed E-state index contributed by atoms with van der Waals surface area (Å²) in [5.74, 6) is -0.293. The summed E-state index contributed by atoms with van der Waals surface area (Å²) in [6.45, 7) is 1.97. The monoisotopic (exact) mass is 284 g/mol. The third-order valence-electron chi connectivity index (χ3n) is 3.63. The molecule has 108 valence electrons. The first kappa shape index (κ1) is 13.8. The Balaban J connectivity index is 1.81. The average Bonchev–Trinajstić information content (AvgIpc) is 2.94. The second-order valence-electron chi connectivity index (χ2n) is 5.13. The van der Waals surface area contributed by atoms with E-state index in [9.17, 15) is 9.50 Å². The number of benzene rings is 2. The Morgan fingerprint density at radius 3 is 2.57 bits per heavy atom. The fourth-order valence-corrected chi connectivity index (χ4v) is 2.45. The van der Waals surface area contributed by atoms with Gasteiger partial charge in [-0.05, 0) is 30.7 Å². The molecule has 1 aromatic heterocycles. The van der Waals surface area contributed by atoms with E-state index >= 15 is 0 Å². The Bertz CT molecular complexity index is 739. The van der Waals surface area contributed by atoms with Crippen molar-refractivity contribution in [2.45, 2.75) is 19.2 Å². The summed E-state index contributed by atoms with van der Waals surface area (Å²) in [7, 11) is 0. The van der Waals surface area contributed by atoms with E-state index in [1.54, 1.807) is 18.2 Å². The number of H-pyrrole nitrogens is 1. The van der Waals surface area contributed by atoms with Crippen LogP contribution in [0.3, 0.4) is 0 Å². The molecule has 2 aromatic carbocycles. The molecule has 4 heteroatoms. The van der Waals surface area contributed by atoms with Crippen LogP contribution in [-0.4, -0.2) is 10.1 Å². The van der Waals surface area contributed by atoms with Gasteiger partial charge < -0.3 is 10.1 Å². The Hall–Kier alpha value is -2.17. The maximum atomic E-state index is 13.7. The first-order valence-corrected chi connectivity index (χ1v) is 6.91. The van der Waals surface area contributed by atoms with Gasteiger partial charge in [0.15, 0.2) is 0 Å². The van der Waals surface area contributed by atoms with E-state index in [4.69, 9.17) is 0 Å². The smallest absolute Gasteiger partial charge is 0.146 e. The normalized spacial score (nSPS) is 14.2. The third kappa shape index (κ3) is 2.82. The number of nitrogens with one attached hydrogen (secondary N) is 2. The van der Waals surface area contributed by atoms with E-state index in [2.05, 4.69) is 10.3 Å². The van der Waals surface area contributed by atoms with Gasteiger partial charge in [0, 0.05) is 16.9 Å². The Morgan fingerprint density at radius 1 is 1.10 bits per heavy atom. The van der Waals surface area contributed by atoms with Gasteiger partial charge in [-0.3, -0.25) is 5.32 Å². The van der Waals surface area contributed by atoms with Crippen molar-refractivity contribution in [3.05, 3.63) is 71.7 Å². The molecule has 0 radical (unpaired) electrons.